The fraction of sp³-hybridized carbons (Fsp3) is 0.484. The van der Waals surface area contributed by atoms with Crippen LogP contribution in [-0.2, 0) is 9.59 Å². The van der Waals surface area contributed by atoms with Gasteiger partial charge in [0, 0.05) is 12.1 Å². The number of carbonyl (C=O) groups excluding carboxylic acids is 2. The van der Waals surface area contributed by atoms with Crippen LogP contribution in [0, 0.1) is 0 Å². The van der Waals surface area contributed by atoms with Crippen molar-refractivity contribution in [1.82, 2.24) is 9.80 Å². The molecule has 1 atom stereocenters. The zero-order chi connectivity index (χ0) is 28.4. The van der Waals surface area contributed by atoms with Crippen LogP contribution >= 0.6 is 0 Å². The predicted octanol–water partition coefficient (Wildman–Crippen LogP) is 5.43. The molecule has 1 heterocycles. The van der Waals surface area contributed by atoms with E-state index in [4.69, 9.17) is 14.2 Å². The minimum absolute atomic E-state index is 0.0649. The lowest BCUT2D eigenvalue weighted by Gasteiger charge is -2.27. The number of methoxy groups -OCH3 is 1. The predicted molar refractivity (Wildman–Crippen MR) is 152 cm³/mol. The van der Waals surface area contributed by atoms with E-state index in [2.05, 4.69) is 25.7 Å². The number of benzene rings is 2. The largest absolute Gasteiger partial charge is 0.507 e. The van der Waals surface area contributed by atoms with E-state index in [1.807, 2.05) is 25.1 Å². The van der Waals surface area contributed by atoms with Crippen LogP contribution in [0.5, 0.6) is 17.2 Å². The van der Waals surface area contributed by atoms with E-state index in [9.17, 15) is 14.7 Å². The molecule has 1 N–H and O–H groups in total. The van der Waals surface area contributed by atoms with Crippen LogP contribution in [0.3, 0.4) is 0 Å². The zero-order valence-electron chi connectivity index (χ0n) is 23.9. The Labute approximate surface area is 232 Å². The number of ether oxygens (including phenoxy) is 3. The highest BCUT2D eigenvalue weighted by molar-refractivity contribution is 6.46. The van der Waals surface area contributed by atoms with Crippen molar-refractivity contribution in [3.63, 3.8) is 0 Å². The summed E-state index contributed by atoms with van der Waals surface area (Å²) in [4.78, 5) is 30.6. The number of ketones is 1. The van der Waals surface area contributed by atoms with Crippen LogP contribution in [0.4, 0.5) is 0 Å². The molecule has 3 rings (SSSR count). The van der Waals surface area contributed by atoms with E-state index >= 15 is 0 Å². The second kappa shape index (κ2) is 14.6. The second-order valence-electron chi connectivity index (χ2n) is 9.44. The van der Waals surface area contributed by atoms with Crippen molar-refractivity contribution in [3.05, 3.63) is 59.2 Å². The molecule has 1 amide bonds. The molecular weight excluding hydrogens is 496 g/mol. The SMILES string of the molecule is CCCCOc1ccc(C2C(=C(O)c3ccc(OC)cc3)C(=O)C(=O)N2CCCN(CC)CC)cc1OCC. The van der Waals surface area contributed by atoms with E-state index in [1.54, 1.807) is 36.3 Å². The number of amides is 1. The van der Waals surface area contributed by atoms with Crippen molar-refractivity contribution in [2.75, 3.05) is 46.5 Å². The van der Waals surface area contributed by atoms with Crippen LogP contribution < -0.4 is 14.2 Å². The number of unbranched alkanes of at least 4 members (excludes halogenated alkanes) is 1. The van der Waals surface area contributed by atoms with Gasteiger partial charge in [0.05, 0.1) is 31.9 Å². The third kappa shape index (κ3) is 7.12. The maximum absolute atomic E-state index is 13.4. The summed E-state index contributed by atoms with van der Waals surface area (Å²) >= 11 is 0. The number of Topliss-reactive ketones (excluding diaryl/α,β-unsaturated/α-hetero) is 1. The number of likely N-dealkylation sites (tertiary alicyclic amines) is 1. The molecule has 0 bridgehead atoms. The Morgan fingerprint density at radius 3 is 2.28 bits per heavy atom. The molecule has 212 valence electrons. The molecule has 0 spiro atoms. The van der Waals surface area contributed by atoms with Crippen LogP contribution in [0.25, 0.3) is 5.76 Å². The number of carbonyl (C=O) groups is 2. The fourth-order valence-corrected chi connectivity index (χ4v) is 4.77. The summed E-state index contributed by atoms with van der Waals surface area (Å²) in [7, 11) is 1.56. The lowest BCUT2D eigenvalue weighted by Crippen LogP contribution is -2.33. The molecule has 0 radical (unpaired) electrons. The maximum atomic E-state index is 13.4. The van der Waals surface area contributed by atoms with E-state index in [0.717, 1.165) is 32.5 Å². The van der Waals surface area contributed by atoms with E-state index in [0.29, 0.717) is 54.6 Å². The van der Waals surface area contributed by atoms with Crippen molar-refractivity contribution in [3.8, 4) is 17.2 Å². The lowest BCUT2D eigenvalue weighted by molar-refractivity contribution is -0.140. The van der Waals surface area contributed by atoms with Crippen LogP contribution in [-0.4, -0.2) is 73.1 Å². The molecule has 1 saturated heterocycles. The van der Waals surface area contributed by atoms with E-state index < -0.39 is 17.7 Å². The maximum Gasteiger partial charge on any atom is 0.295 e. The topological polar surface area (TPSA) is 88.5 Å². The highest BCUT2D eigenvalue weighted by Crippen LogP contribution is 2.42. The van der Waals surface area contributed by atoms with Gasteiger partial charge in [0.2, 0.25) is 0 Å². The molecule has 1 aliphatic heterocycles. The van der Waals surface area contributed by atoms with Crippen LogP contribution in [0.1, 0.15) is 64.1 Å². The number of aliphatic hydroxyl groups is 1. The third-order valence-corrected chi connectivity index (χ3v) is 7.01. The summed E-state index contributed by atoms with van der Waals surface area (Å²) in [6, 6.07) is 11.5. The van der Waals surface area contributed by atoms with Crippen molar-refractivity contribution >= 4 is 17.4 Å². The summed E-state index contributed by atoms with van der Waals surface area (Å²) in [5, 5.41) is 11.4. The van der Waals surface area contributed by atoms with Gasteiger partial charge in [-0.3, -0.25) is 9.59 Å². The Balaban J connectivity index is 2.07. The highest BCUT2D eigenvalue weighted by Gasteiger charge is 2.46. The van der Waals surface area contributed by atoms with Crippen molar-refractivity contribution in [2.45, 2.75) is 53.0 Å². The first-order valence-corrected chi connectivity index (χ1v) is 13.9. The Hall–Kier alpha value is -3.52. The first-order chi connectivity index (χ1) is 18.9. The minimum atomic E-state index is -0.757. The molecule has 1 aliphatic rings. The average Bonchev–Trinajstić information content (AvgIpc) is 3.21. The highest BCUT2D eigenvalue weighted by atomic mass is 16.5. The molecule has 39 heavy (non-hydrogen) atoms. The van der Waals surface area contributed by atoms with Crippen LogP contribution in [0.15, 0.2) is 48.0 Å². The van der Waals surface area contributed by atoms with Gasteiger partial charge >= 0.3 is 0 Å². The van der Waals surface area contributed by atoms with Crippen molar-refractivity contribution in [1.29, 1.82) is 0 Å². The van der Waals surface area contributed by atoms with E-state index in [-0.39, 0.29) is 11.3 Å². The first-order valence-electron chi connectivity index (χ1n) is 13.9. The average molecular weight is 539 g/mol. The summed E-state index contributed by atoms with van der Waals surface area (Å²) in [6.07, 6.45) is 2.63. The van der Waals surface area contributed by atoms with Gasteiger partial charge in [-0.1, -0.05) is 33.3 Å². The Kier molecular flexibility index (Phi) is 11.2. The summed E-state index contributed by atoms with van der Waals surface area (Å²) in [5.41, 5.74) is 1.18. The monoisotopic (exact) mass is 538 g/mol. The number of hydrogen-bond donors (Lipinski definition) is 1. The Morgan fingerprint density at radius 1 is 0.949 bits per heavy atom. The van der Waals surface area contributed by atoms with Crippen molar-refractivity contribution < 1.29 is 28.9 Å². The summed E-state index contributed by atoms with van der Waals surface area (Å²) in [5.74, 6) is 0.258. The molecule has 1 unspecified atom stereocenters. The number of nitrogens with zero attached hydrogens (tertiary/aromatic N) is 2. The molecular formula is C31H42N2O6. The molecule has 1 fully saturated rings. The van der Waals surface area contributed by atoms with Gasteiger partial charge in [-0.2, -0.15) is 0 Å². The van der Waals surface area contributed by atoms with E-state index in [1.165, 1.54) is 0 Å². The fourth-order valence-electron chi connectivity index (χ4n) is 4.77. The van der Waals surface area contributed by atoms with Gasteiger partial charge in [0.15, 0.2) is 11.5 Å². The van der Waals surface area contributed by atoms with Gasteiger partial charge in [-0.05, 0) is 81.4 Å². The van der Waals surface area contributed by atoms with Gasteiger partial charge in [-0.15, -0.1) is 0 Å². The zero-order valence-corrected chi connectivity index (χ0v) is 23.9. The van der Waals surface area contributed by atoms with Gasteiger partial charge < -0.3 is 29.1 Å². The van der Waals surface area contributed by atoms with Gasteiger partial charge in [0.1, 0.15) is 11.5 Å². The lowest BCUT2D eigenvalue weighted by atomic mass is 9.95. The molecule has 2 aromatic rings. The Morgan fingerprint density at radius 2 is 1.67 bits per heavy atom. The molecule has 0 aromatic heterocycles. The number of aliphatic hydroxyl groups excluding tert-OH is 1. The second-order valence-corrected chi connectivity index (χ2v) is 9.44. The summed E-state index contributed by atoms with van der Waals surface area (Å²) in [6.45, 7) is 12.2. The quantitative estimate of drug-likeness (QED) is 0.140. The Bertz CT molecular complexity index is 1140. The molecule has 2 aromatic carbocycles. The molecule has 0 saturated carbocycles. The standard InChI is InChI=1S/C31H42N2O6/c1-6-10-20-39-25-17-14-23(21-26(25)38-9-4)28-27(29(34)22-12-15-24(37-5)16-13-22)30(35)31(36)33(28)19-11-18-32(7-2)8-3/h12-17,21,28,34H,6-11,18-20H2,1-5H3. The number of rotatable bonds is 15. The van der Waals surface area contributed by atoms with Crippen molar-refractivity contribution in [2.24, 2.45) is 0 Å². The number of hydrogen-bond acceptors (Lipinski definition) is 7. The van der Waals surface area contributed by atoms with Gasteiger partial charge in [-0.25, -0.2) is 0 Å². The molecule has 8 heteroatoms. The third-order valence-electron chi connectivity index (χ3n) is 7.01. The summed E-state index contributed by atoms with van der Waals surface area (Å²) < 4.78 is 17.1. The molecule has 8 nitrogen and oxygen atoms in total. The first kappa shape index (κ1) is 30.0. The normalized spacial score (nSPS) is 16.7. The van der Waals surface area contributed by atoms with Crippen LogP contribution in [0.2, 0.25) is 0 Å². The van der Waals surface area contributed by atoms with Gasteiger partial charge in [0.25, 0.3) is 11.7 Å². The smallest absolute Gasteiger partial charge is 0.295 e. The minimum Gasteiger partial charge on any atom is -0.507 e. The molecule has 0 aliphatic carbocycles.